The van der Waals surface area contributed by atoms with Gasteiger partial charge in [0.25, 0.3) is 0 Å². The minimum absolute atomic E-state index is 0.0242. The summed E-state index contributed by atoms with van der Waals surface area (Å²) in [6, 6.07) is 3.88. The first kappa shape index (κ1) is 20.8. The SMILES string of the molecule is CN(CCO)C(=O)C1CCc2c(sc3ncnc(Nc4cc5c(cc4Cl)NNS5)c23)C1. The zero-order valence-electron chi connectivity index (χ0n) is 16.7. The number of aromatic nitrogens is 2. The molecule has 1 amide bonds. The van der Waals surface area contributed by atoms with Crippen molar-refractivity contribution in [1.82, 2.24) is 19.7 Å². The van der Waals surface area contributed by atoms with Crippen molar-refractivity contribution >= 4 is 68.2 Å². The smallest absolute Gasteiger partial charge is 0.225 e. The van der Waals surface area contributed by atoms with Crippen LogP contribution in [-0.2, 0) is 17.6 Å². The number of hydrogen-bond acceptors (Lipinski definition) is 9. The van der Waals surface area contributed by atoms with Crippen molar-refractivity contribution in [3.63, 3.8) is 0 Å². The third kappa shape index (κ3) is 3.83. The number of nitrogens with zero attached hydrogens (tertiary/aromatic N) is 3. The Balaban J connectivity index is 1.46. The lowest BCUT2D eigenvalue weighted by atomic mass is 9.87. The zero-order chi connectivity index (χ0) is 21.5. The molecule has 0 spiro atoms. The maximum absolute atomic E-state index is 12.7. The number of halogens is 1. The van der Waals surface area contributed by atoms with Crippen molar-refractivity contribution < 1.29 is 9.90 Å². The summed E-state index contributed by atoms with van der Waals surface area (Å²) in [5, 5.41) is 14.1. The van der Waals surface area contributed by atoms with E-state index in [1.807, 2.05) is 12.1 Å². The van der Waals surface area contributed by atoms with Gasteiger partial charge in [-0.2, -0.15) is 4.83 Å². The normalized spacial score (nSPS) is 17.2. The average molecular weight is 477 g/mol. The first-order chi connectivity index (χ1) is 15.0. The quantitative estimate of drug-likeness (QED) is 0.414. The second-order valence-corrected chi connectivity index (χ2v) is 9.95. The van der Waals surface area contributed by atoms with Crippen LogP contribution in [0.25, 0.3) is 10.2 Å². The van der Waals surface area contributed by atoms with Crippen LogP contribution < -0.4 is 15.6 Å². The number of rotatable bonds is 5. The number of hydrazine groups is 1. The number of likely N-dealkylation sites (N-methyl/N-ethyl adjacent to an activating group) is 1. The lowest BCUT2D eigenvalue weighted by molar-refractivity contribution is -0.135. The molecule has 8 nitrogen and oxygen atoms in total. The van der Waals surface area contributed by atoms with Gasteiger partial charge < -0.3 is 20.7 Å². The Bertz CT molecular complexity index is 1170. The minimum Gasteiger partial charge on any atom is -0.395 e. The van der Waals surface area contributed by atoms with E-state index in [4.69, 9.17) is 16.7 Å². The van der Waals surface area contributed by atoms with Gasteiger partial charge >= 0.3 is 0 Å². The van der Waals surface area contributed by atoms with Crippen LogP contribution in [0.1, 0.15) is 16.9 Å². The highest BCUT2D eigenvalue weighted by atomic mass is 35.5. The van der Waals surface area contributed by atoms with Gasteiger partial charge in [-0.3, -0.25) is 4.79 Å². The molecule has 4 N–H and O–H groups in total. The topological polar surface area (TPSA) is 102 Å². The average Bonchev–Trinajstić information content (AvgIpc) is 3.37. The Labute approximate surface area is 192 Å². The Morgan fingerprint density at radius 3 is 3.13 bits per heavy atom. The van der Waals surface area contributed by atoms with Crippen LogP contribution in [0.2, 0.25) is 5.02 Å². The van der Waals surface area contributed by atoms with E-state index < -0.39 is 0 Å². The second-order valence-electron chi connectivity index (χ2n) is 7.61. The number of aliphatic hydroxyl groups is 1. The predicted molar refractivity (Wildman–Crippen MR) is 125 cm³/mol. The molecule has 0 radical (unpaired) electrons. The Morgan fingerprint density at radius 1 is 1.42 bits per heavy atom. The Morgan fingerprint density at radius 2 is 2.29 bits per heavy atom. The third-order valence-electron chi connectivity index (χ3n) is 5.68. The molecule has 1 atom stereocenters. The molecule has 0 saturated heterocycles. The number of nitrogens with one attached hydrogen (secondary N) is 3. The number of carbonyl (C=O) groups excluding carboxylic acids is 1. The molecule has 31 heavy (non-hydrogen) atoms. The molecule has 1 aliphatic carbocycles. The van der Waals surface area contributed by atoms with Crippen molar-refractivity contribution in [2.24, 2.45) is 5.92 Å². The number of amides is 1. The molecular formula is C20H21ClN6O2S2. The van der Waals surface area contributed by atoms with Crippen molar-refractivity contribution in [2.45, 2.75) is 24.2 Å². The summed E-state index contributed by atoms with van der Waals surface area (Å²) in [6.45, 7) is 0.336. The van der Waals surface area contributed by atoms with Crippen LogP contribution in [0, 0.1) is 5.92 Å². The van der Waals surface area contributed by atoms with Gasteiger partial charge in [-0.15, -0.1) is 11.3 Å². The Kier molecular flexibility index (Phi) is 5.65. The lowest BCUT2D eigenvalue weighted by Gasteiger charge is -2.26. The molecule has 0 bridgehead atoms. The summed E-state index contributed by atoms with van der Waals surface area (Å²) < 4.78 is 0. The maximum Gasteiger partial charge on any atom is 0.225 e. The van der Waals surface area contributed by atoms with E-state index in [-0.39, 0.29) is 18.4 Å². The number of fused-ring (bicyclic) bond motifs is 4. The number of thiophene rings is 1. The van der Waals surface area contributed by atoms with Gasteiger partial charge in [0.05, 0.1) is 33.3 Å². The largest absolute Gasteiger partial charge is 0.395 e. The number of carbonyl (C=O) groups is 1. The molecule has 2 aliphatic rings. The maximum atomic E-state index is 12.7. The number of hydrogen-bond donors (Lipinski definition) is 4. The van der Waals surface area contributed by atoms with Gasteiger partial charge in [-0.1, -0.05) is 11.6 Å². The molecule has 0 saturated carbocycles. The van der Waals surface area contributed by atoms with Gasteiger partial charge in [0, 0.05) is 24.4 Å². The fraction of sp³-hybridized carbons (Fsp3) is 0.350. The number of aliphatic hydroxyl groups excluding tert-OH is 1. The molecule has 3 heterocycles. The second kappa shape index (κ2) is 8.44. The molecule has 162 valence electrons. The van der Waals surface area contributed by atoms with Crippen molar-refractivity contribution in [3.8, 4) is 0 Å². The zero-order valence-corrected chi connectivity index (χ0v) is 19.1. The molecular weight excluding hydrogens is 456 g/mol. The van der Waals surface area contributed by atoms with Crippen LogP contribution in [0.5, 0.6) is 0 Å². The molecule has 0 fully saturated rings. The van der Waals surface area contributed by atoms with Crippen molar-refractivity contribution in [3.05, 3.63) is 33.9 Å². The van der Waals surface area contributed by atoms with Crippen LogP contribution in [0.4, 0.5) is 17.2 Å². The fourth-order valence-electron chi connectivity index (χ4n) is 4.08. The summed E-state index contributed by atoms with van der Waals surface area (Å²) in [5.41, 5.74) is 6.01. The van der Waals surface area contributed by atoms with E-state index in [0.717, 1.165) is 45.1 Å². The highest BCUT2D eigenvalue weighted by molar-refractivity contribution is 7.98. The minimum atomic E-state index is -0.0651. The first-order valence-electron chi connectivity index (χ1n) is 9.94. The van der Waals surface area contributed by atoms with E-state index in [9.17, 15) is 4.79 Å². The van der Waals surface area contributed by atoms with E-state index >= 15 is 0 Å². The van der Waals surface area contributed by atoms with E-state index in [0.29, 0.717) is 18.0 Å². The molecule has 1 aromatic carbocycles. The summed E-state index contributed by atoms with van der Waals surface area (Å²) in [5.74, 6) is 0.756. The van der Waals surface area contributed by atoms with Crippen LogP contribution in [0.3, 0.4) is 0 Å². The van der Waals surface area contributed by atoms with Crippen molar-refractivity contribution in [2.75, 3.05) is 30.9 Å². The van der Waals surface area contributed by atoms with E-state index in [2.05, 4.69) is 25.5 Å². The molecule has 5 rings (SSSR count). The van der Waals surface area contributed by atoms with Gasteiger partial charge in [0.1, 0.15) is 17.0 Å². The monoisotopic (exact) mass is 476 g/mol. The van der Waals surface area contributed by atoms with E-state index in [1.54, 1.807) is 29.6 Å². The van der Waals surface area contributed by atoms with Crippen molar-refractivity contribution in [1.29, 1.82) is 0 Å². The first-order valence-corrected chi connectivity index (χ1v) is 12.0. The molecule has 2 aromatic heterocycles. The number of anilines is 3. The number of benzene rings is 1. The van der Waals surface area contributed by atoms with Gasteiger partial charge in [0.15, 0.2) is 0 Å². The van der Waals surface area contributed by atoms with Crippen LogP contribution in [-0.4, -0.2) is 46.1 Å². The lowest BCUT2D eigenvalue weighted by Crippen LogP contribution is -2.37. The number of aryl methyl sites for hydroxylation is 1. The van der Waals surface area contributed by atoms with E-state index in [1.165, 1.54) is 22.4 Å². The van der Waals surface area contributed by atoms with Gasteiger partial charge in [-0.25, -0.2) is 9.97 Å². The molecule has 11 heteroatoms. The summed E-state index contributed by atoms with van der Waals surface area (Å²) >= 11 is 9.62. The molecule has 1 aliphatic heterocycles. The highest BCUT2D eigenvalue weighted by Crippen LogP contribution is 2.43. The standard InChI is InChI=1S/C20H21ClN6O2S2/c1-27(4-5-28)20(29)10-2-3-11-15(6-10)30-19-17(11)18(22-9-23-19)24-13-8-16-14(7-12(13)21)25-26-31-16/h7-10,25-26,28H,2-6H2,1H3,(H,22,23,24). The van der Waals surface area contributed by atoms with Gasteiger partial charge in [-0.05, 0) is 48.9 Å². The highest BCUT2D eigenvalue weighted by Gasteiger charge is 2.30. The third-order valence-corrected chi connectivity index (χ3v) is 7.91. The predicted octanol–water partition coefficient (Wildman–Crippen LogP) is 3.58. The summed E-state index contributed by atoms with van der Waals surface area (Å²) in [4.78, 5) is 29.5. The summed E-state index contributed by atoms with van der Waals surface area (Å²) in [6.07, 6.45) is 3.82. The molecule has 1 unspecified atom stereocenters. The Hall–Kier alpha value is -2.11. The van der Waals surface area contributed by atoms with Gasteiger partial charge in [0.2, 0.25) is 5.91 Å². The fourth-order valence-corrected chi connectivity index (χ4v) is 6.23. The van der Waals surface area contributed by atoms with Crippen LogP contribution >= 0.6 is 34.9 Å². The van der Waals surface area contributed by atoms with Crippen LogP contribution in [0.15, 0.2) is 23.4 Å². The molecule has 3 aromatic rings. The summed E-state index contributed by atoms with van der Waals surface area (Å²) in [7, 11) is 1.75.